The van der Waals surface area contributed by atoms with Gasteiger partial charge >= 0.3 is 11.9 Å². The summed E-state index contributed by atoms with van der Waals surface area (Å²) in [6, 6.07) is 0. The van der Waals surface area contributed by atoms with Crippen molar-refractivity contribution in [2.24, 2.45) is 23.7 Å². The summed E-state index contributed by atoms with van der Waals surface area (Å²) < 4.78 is 5.99. The Labute approximate surface area is 211 Å². The first-order chi connectivity index (χ1) is 16.3. The molecule has 0 amide bonds. The number of carboxylic acid groups (broad SMARTS) is 1. The summed E-state index contributed by atoms with van der Waals surface area (Å²) in [6.45, 7) is 9.14. The van der Waals surface area contributed by atoms with E-state index in [0.29, 0.717) is 12.8 Å². The fraction of sp³-hybridized carbons (Fsp3) is 0.933. The van der Waals surface area contributed by atoms with E-state index in [4.69, 9.17) is 4.74 Å². The van der Waals surface area contributed by atoms with Crippen LogP contribution < -0.4 is 0 Å². The van der Waals surface area contributed by atoms with Crippen molar-refractivity contribution in [2.45, 2.75) is 156 Å². The van der Waals surface area contributed by atoms with Gasteiger partial charge in [-0.25, -0.2) is 0 Å². The smallest absolute Gasteiger partial charge is 0.310 e. The minimum atomic E-state index is -0.836. The summed E-state index contributed by atoms with van der Waals surface area (Å²) >= 11 is 0. The summed E-state index contributed by atoms with van der Waals surface area (Å²) in [4.78, 5) is 24.6. The van der Waals surface area contributed by atoms with E-state index in [0.717, 1.165) is 50.4 Å². The SMILES string of the molecule is CC(C)CCCCCCCCCC(CCCCCCC(C)C)OC(=O)C1CCCCC1C(=O)O. The van der Waals surface area contributed by atoms with Gasteiger partial charge in [0.05, 0.1) is 11.8 Å². The van der Waals surface area contributed by atoms with Gasteiger partial charge < -0.3 is 9.84 Å². The minimum Gasteiger partial charge on any atom is -0.481 e. The minimum absolute atomic E-state index is 0.0417. The van der Waals surface area contributed by atoms with Crippen molar-refractivity contribution in [1.29, 1.82) is 0 Å². The Morgan fingerprint density at radius 2 is 1.03 bits per heavy atom. The molecule has 1 N–H and O–H groups in total. The Hall–Kier alpha value is -1.06. The van der Waals surface area contributed by atoms with Gasteiger partial charge in [-0.1, -0.05) is 111 Å². The molecule has 1 rings (SSSR count). The number of unbranched alkanes of at least 4 members (excludes halogenated alkanes) is 9. The monoisotopic (exact) mass is 480 g/mol. The molecule has 0 aromatic heterocycles. The van der Waals surface area contributed by atoms with Gasteiger partial charge in [-0.05, 0) is 50.4 Å². The third kappa shape index (κ3) is 15.0. The van der Waals surface area contributed by atoms with Gasteiger partial charge in [-0.2, -0.15) is 0 Å². The quantitative estimate of drug-likeness (QED) is 0.139. The lowest BCUT2D eigenvalue weighted by atomic mass is 9.79. The van der Waals surface area contributed by atoms with Gasteiger partial charge in [-0.15, -0.1) is 0 Å². The van der Waals surface area contributed by atoms with Crippen LogP contribution in [0.15, 0.2) is 0 Å². The highest BCUT2D eigenvalue weighted by atomic mass is 16.5. The molecule has 0 aromatic rings. The van der Waals surface area contributed by atoms with E-state index in [1.54, 1.807) is 0 Å². The van der Waals surface area contributed by atoms with E-state index in [2.05, 4.69) is 27.7 Å². The predicted molar refractivity (Wildman–Crippen MR) is 142 cm³/mol. The molecule has 0 heterocycles. The van der Waals surface area contributed by atoms with Crippen LogP contribution in [0.5, 0.6) is 0 Å². The van der Waals surface area contributed by atoms with Crippen LogP contribution in [-0.4, -0.2) is 23.1 Å². The molecule has 34 heavy (non-hydrogen) atoms. The Bertz CT molecular complexity index is 528. The number of carbonyl (C=O) groups is 2. The Balaban J connectivity index is 2.40. The first kappa shape index (κ1) is 31.0. The average Bonchev–Trinajstić information content (AvgIpc) is 2.79. The van der Waals surface area contributed by atoms with Gasteiger partial charge in [0.25, 0.3) is 0 Å². The number of esters is 1. The highest BCUT2D eigenvalue weighted by molar-refractivity contribution is 5.81. The number of carbonyl (C=O) groups excluding carboxylic acids is 1. The topological polar surface area (TPSA) is 63.6 Å². The summed E-state index contributed by atoms with van der Waals surface area (Å²) in [5.41, 5.74) is 0. The molecule has 1 aliphatic carbocycles. The number of hydrogen-bond donors (Lipinski definition) is 1. The van der Waals surface area contributed by atoms with Crippen molar-refractivity contribution in [3.63, 3.8) is 0 Å². The van der Waals surface area contributed by atoms with Gasteiger partial charge in [0.1, 0.15) is 6.10 Å². The third-order valence-electron chi connectivity index (χ3n) is 7.53. The van der Waals surface area contributed by atoms with Crippen LogP contribution in [0.1, 0.15) is 150 Å². The number of rotatable bonds is 20. The summed E-state index contributed by atoms with van der Waals surface area (Å²) in [6.07, 6.45) is 21.3. The van der Waals surface area contributed by atoms with Crippen LogP contribution in [0.3, 0.4) is 0 Å². The first-order valence-corrected chi connectivity index (χ1v) is 14.7. The Morgan fingerprint density at radius 1 is 0.647 bits per heavy atom. The zero-order chi connectivity index (χ0) is 25.2. The molecule has 1 fully saturated rings. The van der Waals surface area contributed by atoms with E-state index in [1.165, 1.54) is 70.6 Å². The highest BCUT2D eigenvalue weighted by Crippen LogP contribution is 2.32. The number of hydrogen-bond acceptors (Lipinski definition) is 3. The van der Waals surface area contributed by atoms with Crippen molar-refractivity contribution < 1.29 is 19.4 Å². The highest BCUT2D eigenvalue weighted by Gasteiger charge is 2.37. The van der Waals surface area contributed by atoms with Gasteiger partial charge in [0.2, 0.25) is 0 Å². The zero-order valence-corrected chi connectivity index (χ0v) is 23.0. The van der Waals surface area contributed by atoms with Crippen molar-refractivity contribution >= 4 is 11.9 Å². The molecule has 3 unspecified atom stereocenters. The van der Waals surface area contributed by atoms with E-state index in [-0.39, 0.29) is 12.1 Å². The van der Waals surface area contributed by atoms with Crippen LogP contribution in [0, 0.1) is 23.7 Å². The molecule has 4 heteroatoms. The maximum absolute atomic E-state index is 12.9. The average molecular weight is 481 g/mol. The lowest BCUT2D eigenvalue weighted by Gasteiger charge is -2.29. The number of ether oxygens (including phenoxy) is 1. The Morgan fingerprint density at radius 3 is 1.44 bits per heavy atom. The summed E-state index contributed by atoms with van der Waals surface area (Å²) in [5, 5.41) is 9.55. The molecule has 0 aromatic carbocycles. The van der Waals surface area contributed by atoms with Crippen molar-refractivity contribution in [1.82, 2.24) is 0 Å². The molecule has 200 valence electrons. The molecule has 0 bridgehead atoms. The maximum Gasteiger partial charge on any atom is 0.310 e. The van der Waals surface area contributed by atoms with Crippen LogP contribution in [0.25, 0.3) is 0 Å². The largest absolute Gasteiger partial charge is 0.481 e. The second kappa shape index (κ2) is 19.2. The van der Waals surface area contributed by atoms with Crippen molar-refractivity contribution in [3.8, 4) is 0 Å². The number of carboxylic acids is 1. The summed E-state index contributed by atoms with van der Waals surface area (Å²) in [7, 11) is 0. The van der Waals surface area contributed by atoms with Crippen LogP contribution in [0.4, 0.5) is 0 Å². The molecule has 1 saturated carbocycles. The van der Waals surface area contributed by atoms with Crippen molar-refractivity contribution in [3.05, 3.63) is 0 Å². The maximum atomic E-state index is 12.9. The van der Waals surface area contributed by atoms with Crippen molar-refractivity contribution in [2.75, 3.05) is 0 Å². The molecule has 0 radical (unpaired) electrons. The Kier molecular flexibility index (Phi) is 17.5. The normalized spacial score (nSPS) is 19.5. The van der Waals surface area contributed by atoms with Gasteiger partial charge in [0.15, 0.2) is 0 Å². The third-order valence-corrected chi connectivity index (χ3v) is 7.53. The van der Waals surface area contributed by atoms with E-state index in [1.807, 2.05) is 0 Å². The molecule has 0 saturated heterocycles. The predicted octanol–water partition coefficient (Wildman–Crippen LogP) is 8.95. The molecular weight excluding hydrogens is 424 g/mol. The fourth-order valence-electron chi connectivity index (χ4n) is 5.31. The standard InChI is InChI=1S/C30H56O4/c1-24(2)18-12-8-6-5-7-9-14-20-26(21-15-11-10-13-19-25(3)4)34-30(33)28-23-17-16-22-27(28)29(31)32/h24-28H,5-23H2,1-4H3,(H,31,32). The molecule has 1 aliphatic rings. The van der Waals surface area contributed by atoms with Crippen LogP contribution in [0.2, 0.25) is 0 Å². The molecular formula is C30H56O4. The van der Waals surface area contributed by atoms with E-state index < -0.39 is 17.8 Å². The first-order valence-electron chi connectivity index (χ1n) is 14.7. The van der Waals surface area contributed by atoms with Crippen LogP contribution in [-0.2, 0) is 14.3 Å². The molecule has 4 nitrogen and oxygen atoms in total. The van der Waals surface area contributed by atoms with Crippen LogP contribution >= 0.6 is 0 Å². The van der Waals surface area contributed by atoms with E-state index in [9.17, 15) is 14.7 Å². The zero-order valence-electron chi connectivity index (χ0n) is 23.0. The molecule has 0 spiro atoms. The van der Waals surface area contributed by atoms with Gasteiger partial charge in [-0.3, -0.25) is 9.59 Å². The summed E-state index contributed by atoms with van der Waals surface area (Å²) in [5.74, 6) is -0.520. The number of aliphatic carboxylic acids is 1. The molecule has 0 aliphatic heterocycles. The lowest BCUT2D eigenvalue weighted by Crippen LogP contribution is -2.35. The second-order valence-electron chi connectivity index (χ2n) is 11.7. The second-order valence-corrected chi connectivity index (χ2v) is 11.7. The fourth-order valence-corrected chi connectivity index (χ4v) is 5.31. The molecule has 3 atom stereocenters. The van der Waals surface area contributed by atoms with E-state index >= 15 is 0 Å². The van der Waals surface area contributed by atoms with Gasteiger partial charge in [0, 0.05) is 0 Å². The lowest BCUT2D eigenvalue weighted by molar-refractivity contribution is -0.164.